The molecular weight excluding hydrogens is 350 g/mol. The van der Waals surface area contributed by atoms with Crippen molar-refractivity contribution in [1.29, 1.82) is 0 Å². The first-order valence-electron chi connectivity index (χ1n) is 8.94. The molecule has 0 aliphatic carbocycles. The third-order valence-corrected chi connectivity index (χ3v) is 4.60. The molecule has 1 aromatic heterocycles. The molecule has 1 N–H and O–H groups in total. The average molecular weight is 377 g/mol. The van der Waals surface area contributed by atoms with Gasteiger partial charge < -0.3 is 23.9 Å². The van der Waals surface area contributed by atoms with Gasteiger partial charge in [0.05, 0.1) is 30.1 Å². The van der Waals surface area contributed by atoms with Crippen LogP contribution >= 0.6 is 0 Å². The number of nitrogens with one attached hydrogen (secondary N) is 1. The molecule has 1 aromatic carbocycles. The fourth-order valence-electron chi connectivity index (χ4n) is 2.43. The number of carbonyl (C=O) groups excluding carboxylic acids is 1. The summed E-state index contributed by atoms with van der Waals surface area (Å²) in [5, 5.41) is 3.79. The van der Waals surface area contributed by atoms with Gasteiger partial charge in [0, 0.05) is 6.04 Å². The Bertz CT molecular complexity index is 813. The van der Waals surface area contributed by atoms with E-state index in [9.17, 15) is 9.59 Å². The maximum atomic E-state index is 12.1. The van der Waals surface area contributed by atoms with Gasteiger partial charge >= 0.3 is 11.6 Å². The highest BCUT2D eigenvalue weighted by molar-refractivity contribution is 5.82. The van der Waals surface area contributed by atoms with Gasteiger partial charge in [-0.25, -0.2) is 4.79 Å². The van der Waals surface area contributed by atoms with E-state index in [4.69, 9.17) is 18.6 Å². The molecule has 0 radical (unpaired) electrons. The molecule has 1 atom stereocenters. The monoisotopic (exact) mass is 377 g/mol. The van der Waals surface area contributed by atoms with Crippen molar-refractivity contribution in [3.63, 3.8) is 0 Å². The van der Waals surface area contributed by atoms with Gasteiger partial charge in [0.15, 0.2) is 0 Å². The third-order valence-electron chi connectivity index (χ3n) is 4.60. The quantitative estimate of drug-likeness (QED) is 0.386. The van der Waals surface area contributed by atoms with Crippen molar-refractivity contribution in [2.45, 2.75) is 26.8 Å². The Hall–Kier alpha value is -2.38. The van der Waals surface area contributed by atoms with E-state index in [0.717, 1.165) is 5.39 Å². The number of fused-ring (bicyclic) bond motifs is 1. The highest BCUT2D eigenvalue weighted by Crippen LogP contribution is 2.23. The van der Waals surface area contributed by atoms with E-state index in [-0.39, 0.29) is 31.8 Å². The molecule has 7 nitrogen and oxygen atoms in total. The van der Waals surface area contributed by atoms with E-state index >= 15 is 0 Å². The van der Waals surface area contributed by atoms with Crippen molar-refractivity contribution in [3.8, 4) is 5.75 Å². The Morgan fingerprint density at radius 3 is 2.63 bits per heavy atom. The molecule has 0 amide bonds. The van der Waals surface area contributed by atoms with E-state index < -0.39 is 11.0 Å². The van der Waals surface area contributed by atoms with Gasteiger partial charge in [0.2, 0.25) is 0 Å². The summed E-state index contributed by atoms with van der Waals surface area (Å²) in [6.07, 6.45) is 0. The second kappa shape index (κ2) is 9.53. The van der Waals surface area contributed by atoms with Gasteiger partial charge in [-0.1, -0.05) is 12.1 Å². The molecule has 148 valence electrons. The lowest BCUT2D eigenvalue weighted by atomic mass is 9.85. The molecule has 0 aliphatic heterocycles. The zero-order chi connectivity index (χ0) is 19.9. The summed E-state index contributed by atoms with van der Waals surface area (Å²) >= 11 is 0. The summed E-state index contributed by atoms with van der Waals surface area (Å²) in [7, 11) is 1.81. The van der Waals surface area contributed by atoms with Gasteiger partial charge in [0.1, 0.15) is 24.5 Å². The first-order chi connectivity index (χ1) is 12.9. The Balaban J connectivity index is 1.71. The van der Waals surface area contributed by atoms with E-state index in [1.165, 1.54) is 6.07 Å². The highest BCUT2D eigenvalue weighted by atomic mass is 16.6. The van der Waals surface area contributed by atoms with Crippen LogP contribution in [0.3, 0.4) is 0 Å². The van der Waals surface area contributed by atoms with Crippen LogP contribution in [0.2, 0.25) is 0 Å². The van der Waals surface area contributed by atoms with Crippen LogP contribution in [0.1, 0.15) is 20.8 Å². The molecule has 2 rings (SSSR count). The molecule has 2 aromatic rings. The summed E-state index contributed by atoms with van der Waals surface area (Å²) in [6.45, 7) is 6.64. The molecule has 27 heavy (non-hydrogen) atoms. The zero-order valence-electron chi connectivity index (χ0n) is 16.2. The number of para-hydroxylation sites is 1. The lowest BCUT2D eigenvalue weighted by Gasteiger charge is -2.29. The zero-order valence-corrected chi connectivity index (χ0v) is 16.2. The van der Waals surface area contributed by atoms with Crippen LogP contribution in [0.4, 0.5) is 0 Å². The smallest absolute Gasteiger partial charge is 0.339 e. The number of esters is 1. The maximum absolute atomic E-state index is 12.1. The first kappa shape index (κ1) is 20.9. The van der Waals surface area contributed by atoms with Crippen molar-refractivity contribution >= 4 is 16.9 Å². The van der Waals surface area contributed by atoms with E-state index in [1.54, 1.807) is 12.1 Å². The SMILES string of the molecule is CNC(C)C(C)(C)C(=O)OCCOCCOc1cc(=O)oc2ccccc12. The van der Waals surface area contributed by atoms with Crippen LogP contribution in [-0.2, 0) is 14.3 Å². The van der Waals surface area contributed by atoms with Gasteiger partial charge in [-0.05, 0) is 40.0 Å². The molecule has 0 aliphatic rings. The summed E-state index contributed by atoms with van der Waals surface area (Å²) in [5.74, 6) is 0.186. The van der Waals surface area contributed by atoms with E-state index in [0.29, 0.717) is 17.9 Å². The molecule has 0 fully saturated rings. The number of hydrogen-bond acceptors (Lipinski definition) is 7. The van der Waals surface area contributed by atoms with E-state index in [1.807, 2.05) is 40.0 Å². The van der Waals surface area contributed by atoms with Crippen LogP contribution in [0.5, 0.6) is 5.75 Å². The maximum Gasteiger partial charge on any atom is 0.339 e. The van der Waals surface area contributed by atoms with Crippen LogP contribution < -0.4 is 15.7 Å². The second-order valence-corrected chi connectivity index (χ2v) is 6.75. The Kier molecular flexibility index (Phi) is 7.38. The topological polar surface area (TPSA) is 87.0 Å². The largest absolute Gasteiger partial charge is 0.490 e. The first-order valence-corrected chi connectivity index (χ1v) is 8.94. The van der Waals surface area contributed by atoms with Gasteiger partial charge in [-0.15, -0.1) is 0 Å². The Morgan fingerprint density at radius 2 is 1.89 bits per heavy atom. The van der Waals surface area contributed by atoms with Crippen LogP contribution in [0, 0.1) is 5.41 Å². The fraction of sp³-hybridized carbons (Fsp3) is 0.500. The predicted molar refractivity (Wildman–Crippen MR) is 102 cm³/mol. The third kappa shape index (κ3) is 5.55. The lowest BCUT2D eigenvalue weighted by Crippen LogP contribution is -2.44. The molecule has 1 heterocycles. The van der Waals surface area contributed by atoms with Crippen molar-refractivity contribution < 1.29 is 23.4 Å². The minimum Gasteiger partial charge on any atom is -0.490 e. The molecule has 0 bridgehead atoms. The summed E-state index contributed by atoms with van der Waals surface area (Å²) < 4.78 is 21.4. The van der Waals surface area contributed by atoms with Crippen molar-refractivity contribution in [3.05, 3.63) is 40.8 Å². The van der Waals surface area contributed by atoms with Gasteiger partial charge in [-0.3, -0.25) is 4.79 Å². The van der Waals surface area contributed by atoms with Crippen molar-refractivity contribution in [2.75, 3.05) is 33.5 Å². The normalized spacial score (nSPS) is 12.7. The molecule has 0 spiro atoms. The van der Waals surface area contributed by atoms with Crippen LogP contribution in [-0.4, -0.2) is 45.5 Å². The van der Waals surface area contributed by atoms with Crippen molar-refractivity contribution in [2.24, 2.45) is 5.41 Å². The second-order valence-electron chi connectivity index (χ2n) is 6.75. The molecular formula is C20H27NO6. The predicted octanol–water partition coefficient (Wildman–Crippen LogP) is 2.37. The minimum atomic E-state index is -0.618. The Morgan fingerprint density at radius 1 is 1.19 bits per heavy atom. The number of rotatable bonds is 10. The molecule has 0 saturated carbocycles. The summed E-state index contributed by atoms with van der Waals surface area (Å²) in [6, 6.07) is 8.48. The molecule has 0 saturated heterocycles. The number of hydrogen-bond donors (Lipinski definition) is 1. The average Bonchev–Trinajstić information content (AvgIpc) is 2.65. The van der Waals surface area contributed by atoms with Crippen LogP contribution in [0.15, 0.2) is 39.5 Å². The lowest BCUT2D eigenvalue weighted by molar-refractivity contribution is -0.157. The molecule has 7 heteroatoms. The van der Waals surface area contributed by atoms with Gasteiger partial charge in [0.25, 0.3) is 0 Å². The Labute approximate surface area is 158 Å². The fourth-order valence-corrected chi connectivity index (χ4v) is 2.43. The standard InChI is InChI=1S/C20H27NO6/c1-14(21-4)20(2,3)19(23)26-12-10-24-9-11-25-17-13-18(22)27-16-8-6-5-7-15(16)17/h5-8,13-14,21H,9-12H2,1-4H3. The summed E-state index contributed by atoms with van der Waals surface area (Å²) in [5.41, 5.74) is -0.603. The highest BCUT2D eigenvalue weighted by Gasteiger charge is 2.34. The number of ether oxygens (including phenoxy) is 3. The number of carbonyl (C=O) groups is 1. The van der Waals surface area contributed by atoms with Gasteiger partial charge in [-0.2, -0.15) is 0 Å². The minimum absolute atomic E-state index is 0.00217. The molecule has 1 unspecified atom stereocenters. The number of benzene rings is 1. The van der Waals surface area contributed by atoms with Crippen LogP contribution in [0.25, 0.3) is 11.0 Å². The van der Waals surface area contributed by atoms with Crippen molar-refractivity contribution in [1.82, 2.24) is 5.32 Å². The van der Waals surface area contributed by atoms with E-state index in [2.05, 4.69) is 5.32 Å². The summed E-state index contributed by atoms with van der Waals surface area (Å²) in [4.78, 5) is 23.7.